The van der Waals surface area contributed by atoms with Crippen molar-refractivity contribution in [3.8, 4) is 0 Å². The molecule has 1 amide bonds. The molecule has 8 heteroatoms. The second-order valence-electron chi connectivity index (χ2n) is 9.05. The normalized spacial score (nSPS) is 13.9. The molecule has 0 bridgehead atoms. The Morgan fingerprint density at radius 2 is 1.75 bits per heavy atom. The standard InChI is InChI=1S/C28H27ClF2N2O3/c1-17-7-8-19(28(35)33-36-16-18-5-3-2-4-6-18)13-23(17)27(34)22-11-10-21(15-24(22)29)32-26-12-9-20(30)14-25(26)31/h7-15,18,32H,2-6,16H2,1H3,(H,33,35). The molecule has 0 radical (unpaired) electrons. The third-order valence-corrected chi connectivity index (χ3v) is 6.69. The first-order valence-corrected chi connectivity index (χ1v) is 12.3. The van der Waals surface area contributed by atoms with Crippen molar-refractivity contribution < 1.29 is 23.2 Å². The lowest BCUT2D eigenvalue weighted by atomic mass is 9.90. The number of hydrogen-bond donors (Lipinski definition) is 2. The van der Waals surface area contributed by atoms with E-state index >= 15 is 0 Å². The molecule has 0 heterocycles. The summed E-state index contributed by atoms with van der Waals surface area (Å²) in [6, 6.07) is 12.6. The van der Waals surface area contributed by atoms with Crippen molar-refractivity contribution >= 4 is 34.7 Å². The highest BCUT2D eigenvalue weighted by molar-refractivity contribution is 6.35. The fraction of sp³-hybridized carbons (Fsp3) is 0.286. The minimum atomic E-state index is -0.750. The van der Waals surface area contributed by atoms with E-state index in [1.54, 1.807) is 25.1 Å². The van der Waals surface area contributed by atoms with Crippen molar-refractivity contribution in [2.45, 2.75) is 39.0 Å². The molecule has 4 rings (SSSR count). The topological polar surface area (TPSA) is 67.4 Å². The third-order valence-electron chi connectivity index (χ3n) is 6.38. The fourth-order valence-corrected chi connectivity index (χ4v) is 4.58. The summed E-state index contributed by atoms with van der Waals surface area (Å²) in [7, 11) is 0. The Balaban J connectivity index is 1.45. The number of hydrogen-bond acceptors (Lipinski definition) is 4. The van der Waals surface area contributed by atoms with E-state index in [0.717, 1.165) is 25.0 Å². The minimum absolute atomic E-state index is 0.0757. The smallest absolute Gasteiger partial charge is 0.274 e. The van der Waals surface area contributed by atoms with Gasteiger partial charge in [-0.1, -0.05) is 36.9 Å². The molecule has 1 aliphatic carbocycles. The Morgan fingerprint density at radius 1 is 0.972 bits per heavy atom. The summed E-state index contributed by atoms with van der Waals surface area (Å²) in [5.74, 6) is -1.76. The molecule has 0 aliphatic heterocycles. The molecule has 188 valence electrons. The average molecular weight is 513 g/mol. The molecule has 0 saturated heterocycles. The molecule has 1 saturated carbocycles. The third kappa shape index (κ3) is 6.28. The summed E-state index contributed by atoms with van der Waals surface area (Å²) in [5.41, 5.74) is 4.55. The van der Waals surface area contributed by atoms with Gasteiger partial charge in [-0.25, -0.2) is 14.3 Å². The lowest BCUT2D eigenvalue weighted by Crippen LogP contribution is -2.27. The number of hydroxylamine groups is 1. The van der Waals surface area contributed by atoms with Crippen molar-refractivity contribution in [1.29, 1.82) is 0 Å². The molecule has 0 spiro atoms. The van der Waals surface area contributed by atoms with Crippen molar-refractivity contribution in [3.05, 3.63) is 93.5 Å². The first kappa shape index (κ1) is 25.8. The predicted octanol–water partition coefficient (Wildman–Crippen LogP) is 7.14. The zero-order valence-corrected chi connectivity index (χ0v) is 20.6. The van der Waals surface area contributed by atoms with Crippen LogP contribution in [-0.4, -0.2) is 18.3 Å². The lowest BCUT2D eigenvalue weighted by Gasteiger charge is -2.21. The molecule has 3 aromatic rings. The van der Waals surface area contributed by atoms with E-state index in [0.29, 0.717) is 34.9 Å². The number of halogens is 3. The van der Waals surface area contributed by atoms with Crippen LogP contribution in [0.15, 0.2) is 54.6 Å². The van der Waals surface area contributed by atoms with Crippen LogP contribution in [-0.2, 0) is 4.84 Å². The Hall–Kier alpha value is -3.29. The van der Waals surface area contributed by atoms with Gasteiger partial charge in [0.05, 0.1) is 17.3 Å². The van der Waals surface area contributed by atoms with Crippen LogP contribution in [0.3, 0.4) is 0 Å². The zero-order chi connectivity index (χ0) is 25.7. The number of carbonyl (C=O) groups excluding carboxylic acids is 2. The van der Waals surface area contributed by atoms with E-state index < -0.39 is 17.5 Å². The largest absolute Gasteiger partial charge is 0.353 e. The van der Waals surface area contributed by atoms with Crippen molar-refractivity contribution in [3.63, 3.8) is 0 Å². The van der Waals surface area contributed by atoms with Crippen molar-refractivity contribution in [1.82, 2.24) is 5.48 Å². The summed E-state index contributed by atoms with van der Waals surface area (Å²) >= 11 is 6.39. The van der Waals surface area contributed by atoms with E-state index in [4.69, 9.17) is 16.4 Å². The molecule has 3 aromatic carbocycles. The molecular formula is C28H27ClF2N2O3. The van der Waals surface area contributed by atoms with Crippen molar-refractivity contribution in [2.24, 2.45) is 5.92 Å². The number of nitrogens with one attached hydrogen (secondary N) is 2. The average Bonchev–Trinajstić information content (AvgIpc) is 2.86. The van der Waals surface area contributed by atoms with Gasteiger partial charge in [0.1, 0.15) is 11.6 Å². The molecule has 0 atom stereocenters. The minimum Gasteiger partial charge on any atom is -0.353 e. The van der Waals surface area contributed by atoms with Crippen LogP contribution in [0, 0.1) is 24.5 Å². The number of ketones is 1. The molecule has 0 unspecified atom stereocenters. The highest BCUT2D eigenvalue weighted by Gasteiger charge is 2.19. The molecule has 1 fully saturated rings. The van der Waals surface area contributed by atoms with Gasteiger partial charge in [0.15, 0.2) is 5.78 Å². The summed E-state index contributed by atoms with van der Waals surface area (Å²) in [6.45, 7) is 2.25. The van der Waals surface area contributed by atoms with Crippen LogP contribution in [0.5, 0.6) is 0 Å². The van der Waals surface area contributed by atoms with Gasteiger partial charge in [-0.15, -0.1) is 0 Å². The Morgan fingerprint density at radius 3 is 2.47 bits per heavy atom. The SMILES string of the molecule is Cc1ccc(C(=O)NOCC2CCCCC2)cc1C(=O)c1ccc(Nc2ccc(F)cc2F)cc1Cl. The maximum Gasteiger partial charge on any atom is 0.274 e. The van der Waals surface area contributed by atoms with Gasteiger partial charge >= 0.3 is 0 Å². The summed E-state index contributed by atoms with van der Waals surface area (Å²) in [6.07, 6.45) is 5.83. The van der Waals surface area contributed by atoms with Crippen LogP contribution in [0.2, 0.25) is 5.02 Å². The first-order chi connectivity index (χ1) is 17.3. The number of aryl methyl sites for hydroxylation is 1. The number of amides is 1. The summed E-state index contributed by atoms with van der Waals surface area (Å²) < 4.78 is 27.1. The van der Waals surface area contributed by atoms with Gasteiger partial charge in [-0.3, -0.25) is 14.4 Å². The molecule has 5 nitrogen and oxygen atoms in total. The number of carbonyl (C=O) groups is 2. The maximum atomic E-state index is 14.0. The Labute approximate surface area is 213 Å². The van der Waals surface area contributed by atoms with E-state index in [1.807, 2.05) is 0 Å². The molecule has 0 aromatic heterocycles. The van der Waals surface area contributed by atoms with Gasteiger partial charge < -0.3 is 5.32 Å². The zero-order valence-electron chi connectivity index (χ0n) is 19.9. The van der Waals surface area contributed by atoms with Crippen molar-refractivity contribution in [2.75, 3.05) is 11.9 Å². The Kier molecular flexibility index (Phi) is 8.33. The van der Waals surface area contributed by atoms with Crippen LogP contribution in [0.4, 0.5) is 20.2 Å². The van der Waals surface area contributed by atoms with Crippen LogP contribution in [0.1, 0.15) is 63.9 Å². The summed E-state index contributed by atoms with van der Waals surface area (Å²) in [5, 5.41) is 2.97. The quantitative estimate of drug-likeness (QED) is 0.248. The van der Waals surface area contributed by atoms with Gasteiger partial charge in [0.25, 0.3) is 5.91 Å². The van der Waals surface area contributed by atoms with E-state index in [1.165, 1.54) is 43.5 Å². The lowest BCUT2D eigenvalue weighted by molar-refractivity contribution is 0.0106. The second-order valence-corrected chi connectivity index (χ2v) is 9.46. The van der Waals surface area contributed by atoms with Crippen LogP contribution in [0.25, 0.3) is 0 Å². The number of anilines is 2. The fourth-order valence-electron chi connectivity index (χ4n) is 4.31. The predicted molar refractivity (Wildman–Crippen MR) is 136 cm³/mol. The van der Waals surface area contributed by atoms with Gasteiger partial charge in [0, 0.05) is 28.4 Å². The van der Waals surface area contributed by atoms with E-state index in [2.05, 4.69) is 10.8 Å². The van der Waals surface area contributed by atoms with Gasteiger partial charge in [-0.2, -0.15) is 0 Å². The van der Waals surface area contributed by atoms with Gasteiger partial charge in [-0.05, 0) is 73.7 Å². The molecule has 2 N–H and O–H groups in total. The van der Waals surface area contributed by atoms with E-state index in [9.17, 15) is 18.4 Å². The number of benzene rings is 3. The number of rotatable bonds is 8. The monoisotopic (exact) mass is 512 g/mol. The van der Waals surface area contributed by atoms with E-state index in [-0.39, 0.29) is 22.1 Å². The first-order valence-electron chi connectivity index (χ1n) is 11.9. The van der Waals surface area contributed by atoms with Crippen LogP contribution < -0.4 is 10.8 Å². The van der Waals surface area contributed by atoms with Gasteiger partial charge in [0.2, 0.25) is 0 Å². The highest BCUT2D eigenvalue weighted by atomic mass is 35.5. The molecule has 36 heavy (non-hydrogen) atoms. The summed E-state index contributed by atoms with van der Waals surface area (Å²) in [4.78, 5) is 31.3. The molecular weight excluding hydrogens is 486 g/mol. The maximum absolute atomic E-state index is 14.0. The Bertz CT molecular complexity index is 1280. The molecule has 1 aliphatic rings. The second kappa shape index (κ2) is 11.6. The highest BCUT2D eigenvalue weighted by Crippen LogP contribution is 2.28. The van der Waals surface area contributed by atoms with Crippen LogP contribution >= 0.6 is 11.6 Å².